The maximum Gasteiger partial charge on any atom is 0.183 e. The molecular weight excluding hydrogens is 433 g/mol. The normalized spacial score (nSPS) is 11.3. The van der Waals surface area contributed by atoms with Crippen molar-refractivity contribution in [2.24, 2.45) is 0 Å². The van der Waals surface area contributed by atoms with E-state index in [-0.39, 0.29) is 0 Å². The number of rotatable bonds is 8. The van der Waals surface area contributed by atoms with Gasteiger partial charge in [-0.3, -0.25) is 9.97 Å². The minimum Gasteiger partial charge on any atom is -0.373 e. The SMILES string of the molecule is [B]N(CCN(C)c1ccccc1)Cc1nc(-c2cccc(C)n2)c(-c2ccc3ncccc3n2)[nH]1. The molecule has 5 rings (SSSR count). The second-order valence-electron chi connectivity index (χ2n) is 8.54. The maximum absolute atomic E-state index is 6.37. The molecule has 1 N–H and O–H groups in total. The van der Waals surface area contributed by atoms with E-state index in [0.717, 1.165) is 57.6 Å². The van der Waals surface area contributed by atoms with Crippen LogP contribution in [0.1, 0.15) is 11.5 Å². The van der Waals surface area contributed by atoms with Crippen molar-refractivity contribution in [2.45, 2.75) is 13.5 Å². The highest BCUT2D eigenvalue weighted by atomic mass is 15.2. The number of H-pyrrole nitrogens is 1. The first-order chi connectivity index (χ1) is 17.1. The lowest BCUT2D eigenvalue weighted by molar-refractivity contribution is 0.444. The highest BCUT2D eigenvalue weighted by molar-refractivity contribution is 6.04. The van der Waals surface area contributed by atoms with Crippen LogP contribution in [0.15, 0.2) is 79.0 Å². The number of benzene rings is 1. The maximum atomic E-state index is 6.37. The number of imidazole rings is 1. The number of aromatic amines is 1. The lowest BCUT2D eigenvalue weighted by Gasteiger charge is -2.23. The number of hydrogen-bond donors (Lipinski definition) is 1. The topological polar surface area (TPSA) is 73.8 Å². The molecule has 172 valence electrons. The Kier molecular flexibility index (Phi) is 6.54. The van der Waals surface area contributed by atoms with Gasteiger partial charge in [0, 0.05) is 44.3 Å². The van der Waals surface area contributed by atoms with Crippen molar-refractivity contribution in [1.29, 1.82) is 0 Å². The summed E-state index contributed by atoms with van der Waals surface area (Å²) in [5.74, 6) is 0.760. The average Bonchev–Trinajstić information content (AvgIpc) is 3.31. The van der Waals surface area contributed by atoms with Crippen LogP contribution in [0.25, 0.3) is 33.8 Å². The van der Waals surface area contributed by atoms with Gasteiger partial charge in [-0.25, -0.2) is 9.97 Å². The molecule has 7 nitrogen and oxygen atoms in total. The third-order valence-corrected chi connectivity index (χ3v) is 5.87. The average molecular weight is 459 g/mol. The minimum absolute atomic E-state index is 0.469. The lowest BCUT2D eigenvalue weighted by atomic mass is 10.1. The molecule has 0 amide bonds. The Balaban J connectivity index is 1.41. The smallest absolute Gasteiger partial charge is 0.183 e. The van der Waals surface area contributed by atoms with Crippen molar-refractivity contribution < 1.29 is 0 Å². The van der Waals surface area contributed by atoms with Gasteiger partial charge < -0.3 is 14.7 Å². The van der Waals surface area contributed by atoms with E-state index < -0.39 is 0 Å². The summed E-state index contributed by atoms with van der Waals surface area (Å²) in [7, 11) is 8.44. The van der Waals surface area contributed by atoms with Gasteiger partial charge in [-0.15, -0.1) is 0 Å². The number of aryl methyl sites for hydroxylation is 1. The summed E-state index contributed by atoms with van der Waals surface area (Å²) in [5, 5.41) is 0. The molecule has 0 saturated heterocycles. The molecule has 0 atom stereocenters. The van der Waals surface area contributed by atoms with E-state index in [1.54, 1.807) is 11.0 Å². The van der Waals surface area contributed by atoms with Gasteiger partial charge in [0.2, 0.25) is 0 Å². The predicted octanol–water partition coefficient (Wildman–Crippen LogP) is 4.41. The van der Waals surface area contributed by atoms with Crippen molar-refractivity contribution in [2.75, 3.05) is 25.0 Å². The van der Waals surface area contributed by atoms with Gasteiger partial charge in [0.1, 0.15) is 11.5 Å². The van der Waals surface area contributed by atoms with Crippen molar-refractivity contribution >= 4 is 24.7 Å². The third kappa shape index (κ3) is 5.23. The highest BCUT2D eigenvalue weighted by Gasteiger charge is 2.18. The zero-order chi connectivity index (χ0) is 24.2. The van der Waals surface area contributed by atoms with E-state index in [4.69, 9.17) is 22.9 Å². The number of pyridine rings is 3. The van der Waals surface area contributed by atoms with Crippen LogP contribution < -0.4 is 4.90 Å². The van der Waals surface area contributed by atoms with Crippen LogP contribution in [-0.4, -0.2) is 57.8 Å². The molecule has 0 aliphatic heterocycles. The van der Waals surface area contributed by atoms with E-state index in [0.29, 0.717) is 13.1 Å². The molecule has 8 heteroatoms. The molecule has 0 fully saturated rings. The van der Waals surface area contributed by atoms with Gasteiger partial charge in [-0.2, -0.15) is 0 Å². The molecule has 0 bridgehead atoms. The summed E-state index contributed by atoms with van der Waals surface area (Å²) in [6, 6.07) is 24.0. The summed E-state index contributed by atoms with van der Waals surface area (Å²) in [6.45, 7) is 3.91. The first-order valence-corrected chi connectivity index (χ1v) is 11.6. The molecule has 1 aromatic carbocycles. The number of fused-ring (bicyclic) bond motifs is 1. The summed E-state index contributed by atoms with van der Waals surface area (Å²) >= 11 is 0. The quantitative estimate of drug-likeness (QED) is 0.347. The monoisotopic (exact) mass is 459 g/mol. The molecule has 0 spiro atoms. The number of nitrogens with zero attached hydrogens (tertiary/aromatic N) is 6. The zero-order valence-corrected chi connectivity index (χ0v) is 19.9. The molecule has 35 heavy (non-hydrogen) atoms. The van der Waals surface area contributed by atoms with Crippen LogP contribution in [0.4, 0.5) is 5.69 Å². The Labute approximate surface area is 206 Å². The van der Waals surface area contributed by atoms with Gasteiger partial charge in [0.05, 0.1) is 28.1 Å². The number of anilines is 1. The Morgan fingerprint density at radius 2 is 1.66 bits per heavy atom. The molecule has 0 aliphatic carbocycles. The van der Waals surface area contributed by atoms with E-state index in [1.807, 2.05) is 67.6 Å². The third-order valence-electron chi connectivity index (χ3n) is 5.87. The first kappa shape index (κ1) is 22.7. The molecule has 4 heterocycles. The molecule has 4 aromatic heterocycles. The fraction of sp³-hybridized carbons (Fsp3) is 0.185. The lowest BCUT2D eigenvalue weighted by Crippen LogP contribution is -2.31. The van der Waals surface area contributed by atoms with Crippen molar-refractivity contribution in [3.05, 3.63) is 90.5 Å². The van der Waals surface area contributed by atoms with E-state index in [2.05, 4.69) is 34.0 Å². The summed E-state index contributed by atoms with van der Waals surface area (Å²) in [4.78, 5) is 26.2. The van der Waals surface area contributed by atoms with Crippen LogP contribution in [-0.2, 0) is 6.54 Å². The van der Waals surface area contributed by atoms with Crippen LogP contribution >= 0.6 is 0 Å². The summed E-state index contributed by atoms with van der Waals surface area (Å²) < 4.78 is 0. The van der Waals surface area contributed by atoms with Gasteiger partial charge in [-0.05, 0) is 55.5 Å². The molecular formula is C27H26BN7. The predicted molar refractivity (Wildman–Crippen MR) is 141 cm³/mol. The van der Waals surface area contributed by atoms with Crippen molar-refractivity contribution in [1.82, 2.24) is 29.7 Å². The van der Waals surface area contributed by atoms with Gasteiger partial charge >= 0.3 is 0 Å². The van der Waals surface area contributed by atoms with Crippen LogP contribution in [0.3, 0.4) is 0 Å². The second-order valence-corrected chi connectivity index (χ2v) is 8.54. The second kappa shape index (κ2) is 10.1. The Hall–Kier alpha value is -4.04. The van der Waals surface area contributed by atoms with Gasteiger partial charge in [0.15, 0.2) is 7.98 Å². The fourth-order valence-electron chi connectivity index (χ4n) is 4.00. The number of nitrogens with one attached hydrogen (secondary N) is 1. The number of aromatic nitrogens is 5. The Morgan fingerprint density at radius 1 is 0.800 bits per heavy atom. The van der Waals surface area contributed by atoms with Crippen LogP contribution in [0.5, 0.6) is 0 Å². The Bertz CT molecular complexity index is 1430. The first-order valence-electron chi connectivity index (χ1n) is 11.6. The Morgan fingerprint density at radius 3 is 2.49 bits per heavy atom. The standard InChI is InChI=1S/C27H26BN7/c1-19-8-6-11-23(30-19)26-27(24-14-13-21-22(31-24)12-7-15-29-21)33-25(32-26)18-35(28)17-16-34(2)20-9-4-3-5-10-20/h3-15H,16-18H2,1-2H3,(H,32,33). The molecule has 2 radical (unpaired) electrons. The van der Waals surface area contributed by atoms with Crippen LogP contribution in [0.2, 0.25) is 0 Å². The summed E-state index contributed by atoms with van der Waals surface area (Å²) in [6.07, 6.45) is 1.77. The van der Waals surface area contributed by atoms with E-state index in [1.165, 1.54) is 0 Å². The van der Waals surface area contributed by atoms with Crippen molar-refractivity contribution in [3.8, 4) is 22.8 Å². The highest BCUT2D eigenvalue weighted by Crippen LogP contribution is 2.29. The van der Waals surface area contributed by atoms with E-state index in [9.17, 15) is 0 Å². The fourth-order valence-corrected chi connectivity index (χ4v) is 4.00. The minimum atomic E-state index is 0.469. The number of likely N-dealkylation sites (N-methyl/N-ethyl adjacent to an activating group) is 1. The van der Waals surface area contributed by atoms with Crippen LogP contribution in [0, 0.1) is 6.92 Å². The molecule has 0 saturated carbocycles. The van der Waals surface area contributed by atoms with E-state index >= 15 is 0 Å². The van der Waals surface area contributed by atoms with Gasteiger partial charge in [0.25, 0.3) is 0 Å². The van der Waals surface area contributed by atoms with Gasteiger partial charge in [-0.1, -0.05) is 24.3 Å². The molecule has 0 unspecified atom stereocenters. The number of hydrogen-bond acceptors (Lipinski definition) is 6. The summed E-state index contributed by atoms with van der Waals surface area (Å²) in [5.41, 5.74) is 6.92. The number of para-hydroxylation sites is 1. The molecule has 5 aromatic rings. The largest absolute Gasteiger partial charge is 0.373 e. The molecule has 0 aliphatic rings. The zero-order valence-electron chi connectivity index (χ0n) is 19.9. The van der Waals surface area contributed by atoms with Crippen molar-refractivity contribution in [3.63, 3.8) is 0 Å².